The summed E-state index contributed by atoms with van der Waals surface area (Å²) in [5.41, 5.74) is 5.05. The molecule has 8 nitrogen and oxygen atoms in total. The van der Waals surface area contributed by atoms with Crippen molar-refractivity contribution < 1.29 is 23.4 Å². The molecule has 36 heavy (non-hydrogen) atoms. The normalized spacial score (nSPS) is 17.8. The molecule has 0 bridgehead atoms. The summed E-state index contributed by atoms with van der Waals surface area (Å²) < 4.78 is 34.4. The first-order valence-electron chi connectivity index (χ1n) is 11.7. The Kier molecular flexibility index (Phi) is 7.35. The number of halogens is 2. The SMILES string of the molecule is Cc1nc2ccc(-c3cnn(C4CCC(C(=O)O)CC4)c3)cn2c1Cc1ccccc1OC(F)F.N. The Labute approximate surface area is 207 Å². The zero-order valence-corrected chi connectivity index (χ0v) is 20.0. The second-order valence-electron chi connectivity index (χ2n) is 9.01. The van der Waals surface area contributed by atoms with Gasteiger partial charge in [-0.3, -0.25) is 9.48 Å². The Bertz CT molecular complexity index is 1360. The summed E-state index contributed by atoms with van der Waals surface area (Å²) in [6.45, 7) is -0.980. The molecule has 0 aliphatic heterocycles. The minimum Gasteiger partial charge on any atom is -0.481 e. The van der Waals surface area contributed by atoms with Crippen LogP contribution in [0.25, 0.3) is 16.8 Å². The Morgan fingerprint density at radius 2 is 1.86 bits per heavy atom. The number of nitrogens with zero attached hydrogens (tertiary/aromatic N) is 4. The number of alkyl halides is 2. The highest BCUT2D eigenvalue weighted by Gasteiger charge is 2.27. The van der Waals surface area contributed by atoms with E-state index in [4.69, 9.17) is 4.74 Å². The molecular weight excluding hydrogens is 468 g/mol. The lowest BCUT2D eigenvalue weighted by atomic mass is 9.86. The number of hydrogen-bond acceptors (Lipinski definition) is 5. The molecular formula is C26H29F2N5O3. The number of carboxylic acids is 1. The lowest BCUT2D eigenvalue weighted by Crippen LogP contribution is -2.23. The first-order valence-corrected chi connectivity index (χ1v) is 11.7. The van der Waals surface area contributed by atoms with Gasteiger partial charge in [-0.25, -0.2) is 4.98 Å². The number of aliphatic carboxylic acids is 1. The van der Waals surface area contributed by atoms with Gasteiger partial charge in [-0.05, 0) is 50.8 Å². The van der Waals surface area contributed by atoms with Crippen molar-refractivity contribution in [1.82, 2.24) is 25.3 Å². The van der Waals surface area contributed by atoms with Gasteiger partial charge < -0.3 is 20.4 Å². The van der Waals surface area contributed by atoms with Crippen molar-refractivity contribution in [1.29, 1.82) is 0 Å². The van der Waals surface area contributed by atoms with E-state index in [0.29, 0.717) is 24.8 Å². The van der Waals surface area contributed by atoms with Crippen LogP contribution in [0.3, 0.4) is 0 Å². The van der Waals surface area contributed by atoms with Crippen LogP contribution in [0, 0.1) is 12.8 Å². The molecule has 0 atom stereocenters. The Hall–Kier alpha value is -3.79. The topological polar surface area (TPSA) is 117 Å². The van der Waals surface area contributed by atoms with Crippen LogP contribution in [0.15, 0.2) is 55.0 Å². The van der Waals surface area contributed by atoms with Gasteiger partial charge in [0.2, 0.25) is 0 Å². The first-order chi connectivity index (χ1) is 16.9. The van der Waals surface area contributed by atoms with E-state index < -0.39 is 12.6 Å². The Morgan fingerprint density at radius 1 is 1.11 bits per heavy atom. The van der Waals surface area contributed by atoms with Crippen molar-refractivity contribution >= 4 is 11.6 Å². The lowest BCUT2D eigenvalue weighted by Gasteiger charge is -2.26. The molecule has 1 aliphatic rings. The van der Waals surface area contributed by atoms with Crippen LogP contribution in [0.2, 0.25) is 0 Å². The van der Waals surface area contributed by atoms with E-state index in [1.165, 1.54) is 0 Å². The number of hydrogen-bond donors (Lipinski definition) is 2. The zero-order chi connectivity index (χ0) is 24.5. The average molecular weight is 498 g/mol. The molecule has 0 amide bonds. The third kappa shape index (κ3) is 5.08. The summed E-state index contributed by atoms with van der Waals surface area (Å²) in [5.74, 6) is -0.817. The molecule has 10 heteroatoms. The quantitative estimate of drug-likeness (QED) is 0.339. The fourth-order valence-corrected chi connectivity index (χ4v) is 4.91. The van der Waals surface area contributed by atoms with Gasteiger partial charge in [-0.1, -0.05) is 18.2 Å². The molecule has 3 heterocycles. The standard InChI is InChI=1S/C26H26F2N4O3.H3N/c1-16-22(12-18-4-2-3-5-23(18)35-26(27)28)31-14-19(8-11-24(31)30-16)20-13-29-32(15-20)21-9-6-17(7-10-21)25(33)34;/h2-5,8,11,13-15,17,21,26H,6-7,9-10,12H2,1H3,(H,33,34);1H3. The number of aryl methyl sites for hydroxylation is 1. The van der Waals surface area contributed by atoms with Crippen LogP contribution in [0.1, 0.15) is 48.7 Å². The maximum atomic E-state index is 12.9. The van der Waals surface area contributed by atoms with Crippen molar-refractivity contribution in [3.8, 4) is 16.9 Å². The number of carbonyl (C=O) groups is 1. The van der Waals surface area contributed by atoms with E-state index in [2.05, 4.69) is 10.1 Å². The number of fused-ring (bicyclic) bond motifs is 1. The fourth-order valence-electron chi connectivity index (χ4n) is 4.91. The molecule has 1 fully saturated rings. The van der Waals surface area contributed by atoms with Crippen LogP contribution in [0.4, 0.5) is 8.78 Å². The van der Waals surface area contributed by atoms with Gasteiger partial charge in [-0.15, -0.1) is 0 Å². The van der Waals surface area contributed by atoms with Crippen molar-refractivity contribution in [3.05, 3.63) is 71.9 Å². The van der Waals surface area contributed by atoms with Gasteiger partial charge in [0.25, 0.3) is 0 Å². The highest BCUT2D eigenvalue weighted by Crippen LogP contribution is 2.33. The average Bonchev–Trinajstić information content (AvgIpc) is 3.45. The summed E-state index contributed by atoms with van der Waals surface area (Å²) in [6.07, 6.45) is 9.12. The summed E-state index contributed by atoms with van der Waals surface area (Å²) in [4.78, 5) is 15.9. The summed E-state index contributed by atoms with van der Waals surface area (Å²) in [6, 6.07) is 10.9. The summed E-state index contributed by atoms with van der Waals surface area (Å²) in [7, 11) is 0. The second-order valence-corrected chi connectivity index (χ2v) is 9.01. The first kappa shape index (κ1) is 25.3. The predicted octanol–water partition coefficient (Wildman–Crippen LogP) is 5.68. The number of aromatic nitrogens is 4. The van der Waals surface area contributed by atoms with Crippen LogP contribution < -0.4 is 10.9 Å². The minimum absolute atomic E-state index is 0. The number of carboxylic acid groups (broad SMARTS) is 1. The molecule has 5 rings (SSSR count). The van der Waals surface area contributed by atoms with E-state index in [-0.39, 0.29) is 23.9 Å². The lowest BCUT2D eigenvalue weighted by molar-refractivity contribution is -0.143. The Balaban J connectivity index is 0.00000304. The third-order valence-electron chi connectivity index (χ3n) is 6.82. The van der Waals surface area contributed by atoms with Gasteiger partial charge in [0.05, 0.1) is 23.9 Å². The minimum atomic E-state index is -2.89. The van der Waals surface area contributed by atoms with Crippen molar-refractivity contribution in [2.24, 2.45) is 5.92 Å². The smallest absolute Gasteiger partial charge is 0.387 e. The molecule has 0 spiro atoms. The van der Waals surface area contributed by atoms with Crippen LogP contribution >= 0.6 is 0 Å². The molecule has 4 N–H and O–H groups in total. The van der Waals surface area contributed by atoms with Gasteiger partial charge in [0.15, 0.2) is 0 Å². The van der Waals surface area contributed by atoms with E-state index >= 15 is 0 Å². The maximum Gasteiger partial charge on any atom is 0.387 e. The zero-order valence-electron chi connectivity index (χ0n) is 20.0. The van der Waals surface area contributed by atoms with Crippen molar-refractivity contribution in [2.45, 2.75) is 51.7 Å². The highest BCUT2D eigenvalue weighted by molar-refractivity contribution is 5.70. The summed E-state index contributed by atoms with van der Waals surface area (Å²) >= 11 is 0. The molecule has 0 saturated heterocycles. The number of imidazole rings is 1. The molecule has 1 saturated carbocycles. The largest absolute Gasteiger partial charge is 0.481 e. The van der Waals surface area contributed by atoms with Gasteiger partial charge in [-0.2, -0.15) is 13.9 Å². The van der Waals surface area contributed by atoms with Crippen LogP contribution in [0.5, 0.6) is 5.75 Å². The van der Waals surface area contributed by atoms with Crippen LogP contribution in [-0.2, 0) is 11.2 Å². The van der Waals surface area contributed by atoms with E-state index in [0.717, 1.165) is 41.0 Å². The van der Waals surface area contributed by atoms with Gasteiger partial charge in [0.1, 0.15) is 11.4 Å². The van der Waals surface area contributed by atoms with Gasteiger partial charge in [0, 0.05) is 41.2 Å². The van der Waals surface area contributed by atoms with E-state index in [1.807, 2.05) is 46.7 Å². The molecule has 190 valence electrons. The van der Waals surface area contributed by atoms with Crippen LogP contribution in [-0.4, -0.2) is 36.9 Å². The second kappa shape index (κ2) is 10.4. The predicted molar refractivity (Wildman–Crippen MR) is 131 cm³/mol. The molecule has 3 aromatic heterocycles. The number of pyridine rings is 1. The number of benzene rings is 1. The summed E-state index contributed by atoms with van der Waals surface area (Å²) in [5, 5.41) is 13.8. The fraction of sp³-hybridized carbons (Fsp3) is 0.346. The third-order valence-corrected chi connectivity index (χ3v) is 6.82. The molecule has 1 aromatic carbocycles. The van der Waals surface area contributed by atoms with E-state index in [1.54, 1.807) is 24.3 Å². The number of ether oxygens (including phenoxy) is 1. The number of rotatable bonds is 7. The molecule has 4 aromatic rings. The van der Waals surface area contributed by atoms with Crippen molar-refractivity contribution in [2.75, 3.05) is 0 Å². The molecule has 1 aliphatic carbocycles. The van der Waals surface area contributed by atoms with Gasteiger partial charge >= 0.3 is 12.6 Å². The monoisotopic (exact) mass is 497 g/mol. The van der Waals surface area contributed by atoms with Crippen molar-refractivity contribution in [3.63, 3.8) is 0 Å². The highest BCUT2D eigenvalue weighted by atomic mass is 19.3. The maximum absolute atomic E-state index is 12.9. The van der Waals surface area contributed by atoms with E-state index in [9.17, 15) is 18.7 Å². The number of para-hydroxylation sites is 1. The Morgan fingerprint density at radius 3 is 2.58 bits per heavy atom. The molecule has 0 radical (unpaired) electrons. The molecule has 0 unspecified atom stereocenters.